The van der Waals surface area contributed by atoms with E-state index in [4.69, 9.17) is 0 Å². The van der Waals surface area contributed by atoms with E-state index in [1.807, 2.05) is 22.7 Å². The van der Waals surface area contributed by atoms with Crippen molar-refractivity contribution in [1.29, 1.82) is 0 Å². The first-order valence-corrected chi connectivity index (χ1v) is 29.3. The summed E-state index contributed by atoms with van der Waals surface area (Å²) in [6.45, 7) is 0. The van der Waals surface area contributed by atoms with Crippen molar-refractivity contribution in [2.75, 3.05) is 19.6 Å². The highest BCUT2D eigenvalue weighted by Crippen LogP contribution is 2.44. The van der Waals surface area contributed by atoms with Crippen LogP contribution in [0.4, 0.5) is 68.2 Å². The molecule has 12 aromatic carbocycles. The Labute approximate surface area is 487 Å². The molecule has 0 atom stereocenters. The molecular formula is C76H54N4S2. The van der Waals surface area contributed by atoms with Crippen LogP contribution in [-0.4, -0.2) is 0 Å². The zero-order chi connectivity index (χ0) is 54.6. The monoisotopic (exact) mass is 1090 g/mol. The summed E-state index contributed by atoms with van der Waals surface area (Å²) >= 11 is 3.67. The van der Waals surface area contributed by atoms with Crippen molar-refractivity contribution >= 4 is 111 Å². The maximum Gasteiger partial charge on any atom is 0.0463 e. The number of benzene rings is 12. The van der Waals surface area contributed by atoms with Crippen molar-refractivity contribution in [2.24, 2.45) is 0 Å². The molecule has 0 fully saturated rings. The van der Waals surface area contributed by atoms with Gasteiger partial charge in [-0.25, -0.2) is 0 Å². The van der Waals surface area contributed by atoms with Crippen LogP contribution in [0, 0.1) is 0 Å². The second-order valence-corrected chi connectivity index (χ2v) is 22.4. The van der Waals surface area contributed by atoms with Crippen LogP contribution in [0.15, 0.2) is 328 Å². The van der Waals surface area contributed by atoms with Gasteiger partial charge in [0.15, 0.2) is 0 Å². The van der Waals surface area contributed by atoms with Gasteiger partial charge in [-0.1, -0.05) is 158 Å². The molecule has 0 aliphatic heterocycles. The van der Waals surface area contributed by atoms with E-state index in [-0.39, 0.29) is 0 Å². The van der Waals surface area contributed by atoms with Gasteiger partial charge in [0.05, 0.1) is 0 Å². The quantitative estimate of drug-likeness (QED) is 0.101. The summed E-state index contributed by atoms with van der Waals surface area (Å²) < 4.78 is 2.61. The summed E-state index contributed by atoms with van der Waals surface area (Å²) in [5.41, 5.74) is 17.7. The predicted molar refractivity (Wildman–Crippen MR) is 352 cm³/mol. The van der Waals surface area contributed by atoms with Crippen LogP contribution >= 0.6 is 22.7 Å². The Hall–Kier alpha value is -10.2. The summed E-state index contributed by atoms with van der Waals surface area (Å²) in [4.78, 5) is 11.9. The van der Waals surface area contributed by atoms with E-state index in [2.05, 4.69) is 347 Å². The molecule has 2 aromatic heterocycles. The molecule has 390 valence electrons. The van der Waals surface area contributed by atoms with E-state index >= 15 is 0 Å². The minimum atomic E-state index is 1.07. The highest BCUT2D eigenvalue weighted by atomic mass is 32.1. The topological polar surface area (TPSA) is 13.0 Å². The van der Waals surface area contributed by atoms with Gasteiger partial charge in [-0.3, -0.25) is 0 Å². The molecule has 0 saturated carbocycles. The lowest BCUT2D eigenvalue weighted by Crippen LogP contribution is -2.12. The van der Waals surface area contributed by atoms with Crippen molar-refractivity contribution in [2.45, 2.75) is 0 Å². The lowest BCUT2D eigenvalue weighted by molar-refractivity contribution is 1.25. The first-order chi connectivity index (χ1) is 40.6. The van der Waals surface area contributed by atoms with Crippen LogP contribution in [-0.2, 0) is 0 Å². The predicted octanol–water partition coefficient (Wildman–Crippen LogP) is 23.0. The molecule has 0 aliphatic rings. The Morgan fingerprint density at radius 1 is 0.171 bits per heavy atom. The Kier molecular flexibility index (Phi) is 13.7. The maximum atomic E-state index is 2.33. The first-order valence-electron chi connectivity index (χ1n) is 27.6. The van der Waals surface area contributed by atoms with Gasteiger partial charge in [-0.15, -0.1) is 22.7 Å². The van der Waals surface area contributed by atoms with Crippen molar-refractivity contribution in [3.63, 3.8) is 0 Å². The fourth-order valence-corrected chi connectivity index (χ4v) is 13.1. The largest absolute Gasteiger partial charge is 0.311 e. The van der Waals surface area contributed by atoms with Crippen molar-refractivity contribution in [3.8, 4) is 32.0 Å². The van der Waals surface area contributed by atoms with Gasteiger partial charge < -0.3 is 19.6 Å². The summed E-state index contributed by atoms with van der Waals surface area (Å²) in [5.74, 6) is 0. The van der Waals surface area contributed by atoms with E-state index in [1.54, 1.807) is 0 Å². The van der Waals surface area contributed by atoms with Crippen LogP contribution in [0.1, 0.15) is 0 Å². The molecule has 0 bridgehead atoms. The number of para-hydroxylation sites is 4. The van der Waals surface area contributed by atoms with E-state index in [9.17, 15) is 0 Å². The Morgan fingerprint density at radius 2 is 0.366 bits per heavy atom. The lowest BCUT2D eigenvalue weighted by Gasteiger charge is -2.28. The summed E-state index contributed by atoms with van der Waals surface area (Å²) in [7, 11) is 0. The molecule has 6 heteroatoms. The SMILES string of the molecule is c1ccc(N(c2ccc(-c3ccc(N(c4ccccc4)c4ccc(N(c5ccccc5)c5ccc(-c6cc7ccccc7s6)cc5)cc4)cc3)cc2)c2ccc(N(c3ccccc3)c3ccc(-c4cc5ccccc5s4)cc3)cc2)cc1. The first kappa shape index (κ1) is 50.0. The van der Waals surface area contributed by atoms with Gasteiger partial charge in [0.2, 0.25) is 0 Å². The van der Waals surface area contributed by atoms with E-state index in [0.717, 1.165) is 79.4 Å². The van der Waals surface area contributed by atoms with Gasteiger partial charge in [-0.2, -0.15) is 0 Å². The number of anilines is 12. The van der Waals surface area contributed by atoms with Gasteiger partial charge in [0.25, 0.3) is 0 Å². The average molecular weight is 1090 g/mol. The van der Waals surface area contributed by atoms with Crippen LogP contribution in [0.2, 0.25) is 0 Å². The second-order valence-electron chi connectivity index (χ2n) is 20.2. The summed E-state index contributed by atoms with van der Waals surface area (Å²) in [6.07, 6.45) is 0. The molecule has 0 amide bonds. The third-order valence-electron chi connectivity index (χ3n) is 15.0. The Morgan fingerprint density at radius 3 is 0.610 bits per heavy atom. The third kappa shape index (κ3) is 10.2. The average Bonchev–Trinajstić information content (AvgIpc) is 4.32. The third-order valence-corrected chi connectivity index (χ3v) is 17.4. The number of nitrogens with zero attached hydrogens (tertiary/aromatic N) is 4. The lowest BCUT2D eigenvalue weighted by atomic mass is 10.0. The van der Waals surface area contributed by atoms with Gasteiger partial charge in [0, 0.05) is 87.4 Å². The highest BCUT2D eigenvalue weighted by Gasteiger charge is 2.20. The summed E-state index contributed by atoms with van der Waals surface area (Å²) in [6, 6.07) is 118. The number of hydrogen-bond donors (Lipinski definition) is 0. The molecular weight excluding hydrogens is 1030 g/mol. The van der Waals surface area contributed by atoms with Gasteiger partial charge in [0.1, 0.15) is 0 Å². The Balaban J connectivity index is 0.727. The molecule has 2 heterocycles. The fourth-order valence-electron chi connectivity index (χ4n) is 11.0. The number of rotatable bonds is 15. The number of hydrogen-bond acceptors (Lipinski definition) is 6. The molecule has 14 aromatic rings. The van der Waals surface area contributed by atoms with E-state index in [0.29, 0.717) is 0 Å². The number of thiophene rings is 2. The number of fused-ring (bicyclic) bond motifs is 2. The molecule has 0 saturated heterocycles. The van der Waals surface area contributed by atoms with Crippen LogP contribution in [0.5, 0.6) is 0 Å². The van der Waals surface area contributed by atoms with E-state index < -0.39 is 0 Å². The smallest absolute Gasteiger partial charge is 0.0463 e. The fraction of sp³-hybridized carbons (Fsp3) is 0. The zero-order valence-corrected chi connectivity index (χ0v) is 46.4. The molecule has 0 unspecified atom stereocenters. The standard InChI is InChI=1S/C76H54N4S2/c1-5-19-61(20-6-1)77(69-45-49-71(50-46-69)79(63-23-9-3-10-24-63)67-41-33-57(34-42-67)75-53-59-17-13-15-27-73(59)81-75)65-37-29-55(30-38-65)56-31-39-66(40-32-56)78(62-21-7-2-8-22-62)70-47-51-72(52-48-70)80(64-25-11-4-12-26-64)68-43-35-58(36-44-68)76-54-60-18-14-16-28-74(60)82-76/h1-54H. The molecule has 0 spiro atoms. The summed E-state index contributed by atoms with van der Waals surface area (Å²) in [5, 5.41) is 2.56. The molecule has 4 nitrogen and oxygen atoms in total. The van der Waals surface area contributed by atoms with Crippen molar-refractivity contribution < 1.29 is 0 Å². The van der Waals surface area contributed by atoms with E-state index in [1.165, 1.54) is 41.1 Å². The molecule has 0 radical (unpaired) electrons. The van der Waals surface area contributed by atoms with Crippen molar-refractivity contribution in [1.82, 2.24) is 0 Å². The van der Waals surface area contributed by atoms with Crippen LogP contribution < -0.4 is 19.6 Å². The minimum absolute atomic E-state index is 1.07. The highest BCUT2D eigenvalue weighted by molar-refractivity contribution is 7.22. The van der Waals surface area contributed by atoms with Crippen LogP contribution in [0.25, 0.3) is 52.2 Å². The molecule has 82 heavy (non-hydrogen) atoms. The second kappa shape index (κ2) is 22.5. The molecule has 0 N–H and O–H groups in total. The molecule has 14 rings (SSSR count). The normalized spacial score (nSPS) is 11.2. The van der Waals surface area contributed by atoms with Gasteiger partial charge >= 0.3 is 0 Å². The molecule has 0 aliphatic carbocycles. The van der Waals surface area contributed by atoms with Gasteiger partial charge in [-0.05, 0) is 203 Å². The Bertz CT molecular complexity index is 4040. The van der Waals surface area contributed by atoms with Crippen molar-refractivity contribution in [3.05, 3.63) is 328 Å². The zero-order valence-electron chi connectivity index (χ0n) is 44.8. The maximum absolute atomic E-state index is 2.33. The van der Waals surface area contributed by atoms with Crippen LogP contribution in [0.3, 0.4) is 0 Å². The minimum Gasteiger partial charge on any atom is -0.311 e.